The fraction of sp³-hybridized carbons (Fsp3) is 0.312. The normalized spacial score (nSPS) is 14.6. The Morgan fingerprint density at radius 2 is 2.12 bits per heavy atom. The van der Waals surface area contributed by atoms with Gasteiger partial charge in [-0.25, -0.2) is 4.98 Å². The predicted octanol–water partition coefficient (Wildman–Crippen LogP) is 3.35. The van der Waals surface area contributed by atoms with E-state index in [1.165, 1.54) is 29.5 Å². The number of rotatable bonds is 5. The number of hydrogen-bond acceptors (Lipinski definition) is 5. The number of nitrogens with zero attached hydrogens (tertiary/aromatic N) is 2. The summed E-state index contributed by atoms with van der Waals surface area (Å²) in [5, 5.41) is 4.56. The van der Waals surface area contributed by atoms with Crippen LogP contribution < -0.4 is 15.0 Å². The van der Waals surface area contributed by atoms with Crippen molar-refractivity contribution in [1.82, 2.24) is 4.98 Å². The van der Waals surface area contributed by atoms with Gasteiger partial charge < -0.3 is 10.1 Å². The fourth-order valence-electron chi connectivity index (χ4n) is 2.49. The van der Waals surface area contributed by atoms with Crippen LogP contribution in [0.25, 0.3) is 0 Å². The first-order valence-corrected chi connectivity index (χ1v) is 8.59. The van der Waals surface area contributed by atoms with E-state index in [-0.39, 0.29) is 18.0 Å². The summed E-state index contributed by atoms with van der Waals surface area (Å²) < 4.78 is 41.1. The molecule has 1 aliphatic heterocycles. The van der Waals surface area contributed by atoms with E-state index < -0.39 is 18.0 Å². The maximum absolute atomic E-state index is 12.4. The van der Waals surface area contributed by atoms with Gasteiger partial charge in [-0.1, -0.05) is 12.1 Å². The van der Waals surface area contributed by atoms with Crippen LogP contribution >= 0.6 is 11.3 Å². The minimum Gasteiger partial charge on any atom is -0.404 e. The van der Waals surface area contributed by atoms with Crippen LogP contribution in [0.15, 0.2) is 29.6 Å². The molecule has 0 bridgehead atoms. The van der Waals surface area contributed by atoms with E-state index in [0.29, 0.717) is 23.8 Å². The number of para-hydroxylation sites is 2. The summed E-state index contributed by atoms with van der Waals surface area (Å²) in [7, 11) is 0. The van der Waals surface area contributed by atoms with Gasteiger partial charge in [0, 0.05) is 18.3 Å². The molecule has 1 fully saturated rings. The van der Waals surface area contributed by atoms with Crippen molar-refractivity contribution in [2.75, 3.05) is 16.8 Å². The summed E-state index contributed by atoms with van der Waals surface area (Å²) in [6, 6.07) is 5.28. The molecule has 26 heavy (non-hydrogen) atoms. The van der Waals surface area contributed by atoms with Crippen molar-refractivity contribution in [2.45, 2.75) is 25.6 Å². The van der Waals surface area contributed by atoms with E-state index >= 15 is 0 Å². The van der Waals surface area contributed by atoms with Crippen LogP contribution in [0.5, 0.6) is 5.75 Å². The highest BCUT2D eigenvalue weighted by molar-refractivity contribution is 7.14. The Hall–Kier alpha value is -2.62. The molecule has 138 valence electrons. The molecule has 2 heterocycles. The molecule has 1 N–H and O–H groups in total. The number of aromatic nitrogens is 1. The second-order valence-corrected chi connectivity index (χ2v) is 6.38. The number of nitrogens with one attached hydrogen (secondary N) is 1. The summed E-state index contributed by atoms with van der Waals surface area (Å²) in [4.78, 5) is 29.7. The smallest absolute Gasteiger partial charge is 0.404 e. The summed E-state index contributed by atoms with van der Waals surface area (Å²) in [5.74, 6) is -1.03. The minimum absolute atomic E-state index is 0.00595. The van der Waals surface area contributed by atoms with E-state index in [1.807, 2.05) is 0 Å². The molecule has 3 rings (SSSR count). The van der Waals surface area contributed by atoms with Gasteiger partial charge in [0.2, 0.25) is 11.8 Å². The molecule has 1 aliphatic rings. The highest BCUT2D eigenvalue weighted by Gasteiger charge is 2.32. The Labute approximate surface area is 150 Å². The molecule has 0 saturated carbocycles. The molecule has 0 spiro atoms. The Morgan fingerprint density at radius 3 is 2.81 bits per heavy atom. The van der Waals surface area contributed by atoms with Gasteiger partial charge in [-0.3, -0.25) is 14.5 Å². The zero-order valence-electron chi connectivity index (χ0n) is 13.4. The zero-order chi connectivity index (χ0) is 18.7. The second-order valence-electron chi connectivity index (χ2n) is 5.54. The lowest BCUT2D eigenvalue weighted by molar-refractivity contribution is -0.274. The monoisotopic (exact) mass is 385 g/mol. The Kier molecular flexibility index (Phi) is 5.12. The van der Waals surface area contributed by atoms with Crippen LogP contribution in [-0.2, 0) is 16.0 Å². The highest BCUT2D eigenvalue weighted by Crippen LogP contribution is 2.30. The molecular formula is C16H14F3N3O3S. The third-order valence-electron chi connectivity index (χ3n) is 3.57. The molecule has 0 unspecified atom stereocenters. The van der Waals surface area contributed by atoms with E-state index in [2.05, 4.69) is 15.0 Å². The molecular weight excluding hydrogens is 371 g/mol. The summed E-state index contributed by atoms with van der Waals surface area (Å²) >= 11 is 1.25. The van der Waals surface area contributed by atoms with Gasteiger partial charge in [0.25, 0.3) is 0 Å². The van der Waals surface area contributed by atoms with Crippen LogP contribution in [0.4, 0.5) is 24.0 Å². The molecule has 1 aromatic heterocycles. The summed E-state index contributed by atoms with van der Waals surface area (Å²) in [6.45, 7) is 0.597. The molecule has 0 atom stereocenters. The summed E-state index contributed by atoms with van der Waals surface area (Å²) in [5.41, 5.74) is 0.358. The van der Waals surface area contributed by atoms with Gasteiger partial charge in [-0.05, 0) is 18.6 Å². The van der Waals surface area contributed by atoms with Crippen LogP contribution in [-0.4, -0.2) is 29.7 Å². The van der Waals surface area contributed by atoms with Crippen molar-refractivity contribution in [2.24, 2.45) is 0 Å². The maximum Gasteiger partial charge on any atom is 0.573 e. The number of benzene rings is 1. The van der Waals surface area contributed by atoms with Gasteiger partial charge in [-0.15, -0.1) is 24.5 Å². The SMILES string of the molecule is O=C(Cc1csc(N2CCCC2=O)n1)Nc1ccccc1OC(F)(F)F. The van der Waals surface area contributed by atoms with Gasteiger partial charge in [0.1, 0.15) is 0 Å². The number of anilines is 2. The third-order valence-corrected chi connectivity index (χ3v) is 4.48. The number of alkyl halides is 3. The number of carbonyl (C=O) groups excluding carboxylic acids is 2. The fourth-order valence-corrected chi connectivity index (χ4v) is 3.36. The van der Waals surface area contributed by atoms with Crippen LogP contribution in [0.2, 0.25) is 0 Å². The van der Waals surface area contributed by atoms with Gasteiger partial charge in [-0.2, -0.15) is 0 Å². The van der Waals surface area contributed by atoms with E-state index in [9.17, 15) is 22.8 Å². The van der Waals surface area contributed by atoms with Gasteiger partial charge in [0.15, 0.2) is 10.9 Å². The third kappa shape index (κ3) is 4.51. The first-order chi connectivity index (χ1) is 12.3. The van der Waals surface area contributed by atoms with Crippen LogP contribution in [0.1, 0.15) is 18.5 Å². The molecule has 2 aromatic rings. The van der Waals surface area contributed by atoms with Crippen molar-refractivity contribution in [3.05, 3.63) is 35.3 Å². The number of carbonyl (C=O) groups is 2. The van der Waals surface area contributed by atoms with Crippen molar-refractivity contribution in [3.8, 4) is 5.75 Å². The molecule has 10 heteroatoms. The van der Waals surface area contributed by atoms with Crippen molar-refractivity contribution >= 4 is 34.0 Å². The lowest BCUT2D eigenvalue weighted by Crippen LogP contribution is -2.23. The van der Waals surface area contributed by atoms with E-state index in [1.54, 1.807) is 10.3 Å². The molecule has 0 radical (unpaired) electrons. The van der Waals surface area contributed by atoms with Gasteiger partial charge in [0.05, 0.1) is 17.8 Å². The molecule has 1 saturated heterocycles. The van der Waals surface area contributed by atoms with E-state index in [4.69, 9.17) is 0 Å². The maximum atomic E-state index is 12.4. The molecule has 6 nitrogen and oxygen atoms in total. The Balaban J connectivity index is 1.65. The minimum atomic E-state index is -4.85. The topological polar surface area (TPSA) is 71.5 Å². The Bertz CT molecular complexity index is 822. The predicted molar refractivity (Wildman–Crippen MR) is 89.2 cm³/mol. The largest absolute Gasteiger partial charge is 0.573 e. The van der Waals surface area contributed by atoms with E-state index in [0.717, 1.165) is 12.5 Å². The lowest BCUT2D eigenvalue weighted by atomic mass is 10.2. The number of halogens is 3. The molecule has 0 aliphatic carbocycles. The average molecular weight is 385 g/mol. The average Bonchev–Trinajstić information content (AvgIpc) is 3.16. The standard InChI is InChI=1S/C16H14F3N3O3S/c17-16(18,19)25-12-5-2-1-4-11(12)21-13(23)8-10-9-26-15(20-10)22-7-3-6-14(22)24/h1-2,4-5,9H,3,6-8H2,(H,21,23). The van der Waals surface area contributed by atoms with Crippen LogP contribution in [0.3, 0.4) is 0 Å². The lowest BCUT2D eigenvalue weighted by Gasteiger charge is -2.13. The van der Waals surface area contributed by atoms with Crippen LogP contribution in [0, 0.1) is 0 Å². The highest BCUT2D eigenvalue weighted by atomic mass is 32.1. The quantitative estimate of drug-likeness (QED) is 0.857. The zero-order valence-corrected chi connectivity index (χ0v) is 14.2. The Morgan fingerprint density at radius 1 is 1.35 bits per heavy atom. The molecule has 2 amide bonds. The number of ether oxygens (including phenoxy) is 1. The number of amides is 2. The van der Waals surface area contributed by atoms with Gasteiger partial charge >= 0.3 is 6.36 Å². The molecule has 1 aromatic carbocycles. The first-order valence-electron chi connectivity index (χ1n) is 7.71. The van der Waals surface area contributed by atoms with Crippen molar-refractivity contribution in [3.63, 3.8) is 0 Å². The van der Waals surface area contributed by atoms with Crippen molar-refractivity contribution in [1.29, 1.82) is 0 Å². The summed E-state index contributed by atoms with van der Waals surface area (Å²) in [6.07, 6.45) is -3.73. The second kappa shape index (κ2) is 7.32. The number of hydrogen-bond donors (Lipinski definition) is 1. The first kappa shape index (κ1) is 18.2. The van der Waals surface area contributed by atoms with Crippen molar-refractivity contribution < 1.29 is 27.5 Å². The number of thiazole rings is 1.